The molecule has 210 valence electrons. The van der Waals surface area contributed by atoms with E-state index >= 15 is 0 Å². The number of aliphatic carboxylic acids is 1. The Balaban J connectivity index is 1.37. The summed E-state index contributed by atoms with van der Waals surface area (Å²) in [5.74, 6) is -1.97. The molecular weight excluding hydrogens is 492 g/mol. The number of fused-ring (bicyclic) bond motifs is 1. The molecule has 3 aromatic carbocycles. The van der Waals surface area contributed by atoms with Crippen LogP contribution in [0.1, 0.15) is 48.8 Å². The molecule has 0 aromatic heterocycles. The van der Waals surface area contributed by atoms with Crippen molar-refractivity contribution in [1.82, 2.24) is 4.90 Å². The van der Waals surface area contributed by atoms with E-state index in [9.17, 15) is 19.8 Å². The Morgan fingerprint density at radius 1 is 0.897 bits per heavy atom. The zero-order chi connectivity index (χ0) is 28.2. The Kier molecular flexibility index (Phi) is 11.8. The number of aliphatic hydroxyl groups is 1. The van der Waals surface area contributed by atoms with E-state index in [1.54, 1.807) is 7.05 Å². The number of unbranched alkanes of at least 4 members (excludes halogenated alkanes) is 3. The number of amides is 1. The third kappa shape index (κ3) is 9.37. The zero-order valence-corrected chi connectivity index (χ0v) is 23.4. The average molecular weight is 535 g/mol. The summed E-state index contributed by atoms with van der Waals surface area (Å²) in [6.07, 6.45) is 1.77. The van der Waals surface area contributed by atoms with E-state index in [0.717, 1.165) is 44.3 Å². The van der Waals surface area contributed by atoms with Crippen LogP contribution in [0.25, 0.3) is 10.8 Å². The fraction of sp³-hybridized carbons (Fsp3) is 0.438. The summed E-state index contributed by atoms with van der Waals surface area (Å²) < 4.78 is 5.61. The van der Waals surface area contributed by atoms with Crippen molar-refractivity contribution in [2.75, 3.05) is 32.1 Å². The lowest BCUT2D eigenvalue weighted by atomic mass is 10.0. The van der Waals surface area contributed by atoms with Gasteiger partial charge in [0.1, 0.15) is 0 Å². The molecule has 0 aliphatic rings. The van der Waals surface area contributed by atoms with Crippen LogP contribution in [0, 0.1) is 13.8 Å². The van der Waals surface area contributed by atoms with Gasteiger partial charge in [-0.05, 0) is 85.5 Å². The number of likely N-dealkylation sites (N-methyl/N-ethyl adjacent to an activating group) is 1. The normalized spacial score (nSPS) is 12.7. The average Bonchev–Trinajstić information content (AvgIpc) is 2.93. The fourth-order valence-electron chi connectivity index (χ4n) is 4.53. The summed E-state index contributed by atoms with van der Waals surface area (Å²) >= 11 is 0. The van der Waals surface area contributed by atoms with Gasteiger partial charge in [0, 0.05) is 32.4 Å². The van der Waals surface area contributed by atoms with E-state index in [1.165, 1.54) is 32.4 Å². The van der Waals surface area contributed by atoms with Gasteiger partial charge in [-0.3, -0.25) is 4.79 Å². The lowest BCUT2D eigenvalue weighted by Crippen LogP contribution is -2.48. The number of rotatable bonds is 16. The molecule has 3 rings (SSSR count). The SMILES string of the molecule is Cc1ccc(NCCCCOC(C(=O)N(C)CCCCCc2ccc3ccccc3c2)C(O)C(=O)O)cc1C. The number of hydrogen-bond donors (Lipinski definition) is 3. The lowest BCUT2D eigenvalue weighted by molar-refractivity contribution is -0.166. The van der Waals surface area contributed by atoms with Crippen LogP contribution in [0.3, 0.4) is 0 Å². The van der Waals surface area contributed by atoms with Crippen LogP contribution < -0.4 is 5.32 Å². The summed E-state index contributed by atoms with van der Waals surface area (Å²) in [7, 11) is 1.63. The molecule has 0 aliphatic carbocycles. The molecule has 7 nitrogen and oxygen atoms in total. The zero-order valence-electron chi connectivity index (χ0n) is 23.4. The monoisotopic (exact) mass is 534 g/mol. The van der Waals surface area contributed by atoms with Gasteiger partial charge in [0.15, 0.2) is 12.2 Å². The van der Waals surface area contributed by atoms with Gasteiger partial charge in [-0.15, -0.1) is 0 Å². The quantitative estimate of drug-likeness (QED) is 0.214. The predicted molar refractivity (Wildman–Crippen MR) is 156 cm³/mol. The second kappa shape index (κ2) is 15.2. The molecule has 0 saturated carbocycles. The largest absolute Gasteiger partial charge is 0.479 e. The molecule has 0 aliphatic heterocycles. The van der Waals surface area contributed by atoms with Gasteiger partial charge in [0.2, 0.25) is 0 Å². The maximum absolute atomic E-state index is 12.9. The number of hydrogen-bond acceptors (Lipinski definition) is 5. The topological polar surface area (TPSA) is 99.1 Å². The van der Waals surface area contributed by atoms with Crippen molar-refractivity contribution in [3.63, 3.8) is 0 Å². The van der Waals surface area contributed by atoms with Gasteiger partial charge >= 0.3 is 5.97 Å². The third-order valence-corrected chi connectivity index (χ3v) is 7.14. The number of ether oxygens (including phenoxy) is 1. The molecule has 1 amide bonds. The van der Waals surface area contributed by atoms with Crippen LogP contribution in [-0.4, -0.2) is 65.9 Å². The Hall–Kier alpha value is -3.42. The molecule has 2 atom stereocenters. The minimum atomic E-state index is -1.90. The Morgan fingerprint density at radius 2 is 1.67 bits per heavy atom. The van der Waals surface area contributed by atoms with E-state index in [2.05, 4.69) is 61.6 Å². The smallest absolute Gasteiger partial charge is 0.335 e. The van der Waals surface area contributed by atoms with Crippen LogP contribution in [0.4, 0.5) is 5.69 Å². The number of carboxylic acid groups (broad SMARTS) is 1. The van der Waals surface area contributed by atoms with Gasteiger partial charge in [-0.2, -0.15) is 0 Å². The van der Waals surface area contributed by atoms with Crippen molar-refractivity contribution in [2.24, 2.45) is 0 Å². The molecule has 2 unspecified atom stereocenters. The third-order valence-electron chi connectivity index (χ3n) is 7.14. The molecule has 7 heteroatoms. The molecule has 0 heterocycles. The molecule has 39 heavy (non-hydrogen) atoms. The number of aliphatic hydroxyl groups excluding tert-OH is 1. The van der Waals surface area contributed by atoms with Gasteiger partial charge in [-0.1, -0.05) is 55.0 Å². The first-order chi connectivity index (χ1) is 18.8. The summed E-state index contributed by atoms with van der Waals surface area (Å²) in [6, 6.07) is 21.0. The second-order valence-corrected chi connectivity index (χ2v) is 10.3. The van der Waals surface area contributed by atoms with Gasteiger partial charge < -0.3 is 25.2 Å². The van der Waals surface area contributed by atoms with Gasteiger partial charge in [0.25, 0.3) is 5.91 Å². The molecule has 0 saturated heterocycles. The van der Waals surface area contributed by atoms with Crippen molar-refractivity contribution in [2.45, 2.75) is 64.6 Å². The minimum Gasteiger partial charge on any atom is -0.479 e. The van der Waals surface area contributed by atoms with Gasteiger partial charge in [-0.25, -0.2) is 4.79 Å². The number of carboxylic acids is 1. The van der Waals surface area contributed by atoms with Crippen molar-refractivity contribution < 1.29 is 24.5 Å². The number of nitrogens with one attached hydrogen (secondary N) is 1. The molecular formula is C32H42N2O5. The van der Waals surface area contributed by atoms with Crippen molar-refractivity contribution >= 4 is 28.3 Å². The van der Waals surface area contributed by atoms with E-state index in [-0.39, 0.29) is 6.61 Å². The first-order valence-electron chi connectivity index (χ1n) is 13.8. The number of nitrogens with zero attached hydrogens (tertiary/aromatic N) is 1. The summed E-state index contributed by atoms with van der Waals surface area (Å²) in [6.45, 7) is 5.54. The number of aryl methyl sites for hydroxylation is 3. The summed E-state index contributed by atoms with van der Waals surface area (Å²) in [4.78, 5) is 25.8. The predicted octanol–water partition coefficient (Wildman–Crippen LogP) is 5.35. The Labute approximate surface area is 231 Å². The first kappa shape index (κ1) is 30.1. The van der Waals surface area contributed by atoms with Crippen LogP contribution in [0.2, 0.25) is 0 Å². The minimum absolute atomic E-state index is 0.189. The molecule has 0 radical (unpaired) electrons. The highest BCUT2D eigenvalue weighted by Gasteiger charge is 2.34. The highest BCUT2D eigenvalue weighted by molar-refractivity contribution is 5.87. The number of carbonyl (C=O) groups is 2. The number of benzene rings is 3. The fourth-order valence-corrected chi connectivity index (χ4v) is 4.53. The number of anilines is 1. The van der Waals surface area contributed by atoms with E-state index < -0.39 is 24.1 Å². The van der Waals surface area contributed by atoms with Crippen LogP contribution in [0.5, 0.6) is 0 Å². The second-order valence-electron chi connectivity index (χ2n) is 10.3. The Morgan fingerprint density at radius 3 is 2.41 bits per heavy atom. The molecule has 0 fully saturated rings. The highest BCUT2D eigenvalue weighted by Crippen LogP contribution is 2.18. The van der Waals surface area contributed by atoms with E-state index in [4.69, 9.17) is 4.74 Å². The maximum Gasteiger partial charge on any atom is 0.335 e. The van der Waals surface area contributed by atoms with Crippen molar-refractivity contribution in [1.29, 1.82) is 0 Å². The van der Waals surface area contributed by atoms with E-state index in [0.29, 0.717) is 13.0 Å². The van der Waals surface area contributed by atoms with Crippen LogP contribution in [-0.2, 0) is 20.7 Å². The molecule has 3 N–H and O–H groups in total. The van der Waals surface area contributed by atoms with Crippen molar-refractivity contribution in [3.8, 4) is 0 Å². The first-order valence-corrected chi connectivity index (χ1v) is 13.8. The van der Waals surface area contributed by atoms with Crippen LogP contribution in [0.15, 0.2) is 60.7 Å². The number of carbonyl (C=O) groups excluding carboxylic acids is 1. The molecule has 3 aromatic rings. The lowest BCUT2D eigenvalue weighted by Gasteiger charge is -2.25. The molecule has 0 spiro atoms. The van der Waals surface area contributed by atoms with Crippen LogP contribution >= 0.6 is 0 Å². The standard InChI is InChI=1S/C32H42N2O5/c1-23-14-17-28(21-24(23)2)33-18-8-10-20-39-30(29(35)32(37)38)31(36)34(3)19-9-4-5-11-25-15-16-26-12-6-7-13-27(26)22-25/h6-7,12-17,21-22,29-30,33,35H,4-5,8-11,18-20H2,1-3H3,(H,37,38). The summed E-state index contributed by atoms with van der Waals surface area (Å²) in [5.41, 5.74) is 4.81. The maximum atomic E-state index is 12.9. The summed E-state index contributed by atoms with van der Waals surface area (Å²) in [5, 5.41) is 25.3. The molecule has 0 bridgehead atoms. The van der Waals surface area contributed by atoms with E-state index in [1.807, 2.05) is 18.2 Å². The van der Waals surface area contributed by atoms with Gasteiger partial charge in [0.05, 0.1) is 0 Å². The van der Waals surface area contributed by atoms with Crippen molar-refractivity contribution in [3.05, 3.63) is 77.4 Å². The Bertz CT molecular complexity index is 1230. The highest BCUT2D eigenvalue weighted by atomic mass is 16.5.